The normalized spacial score (nSPS) is 23.8. The average molecular weight is 228 g/mol. The third-order valence-corrected chi connectivity index (χ3v) is 2.80. The van der Waals surface area contributed by atoms with Crippen LogP contribution in [0, 0.1) is 11.8 Å². The summed E-state index contributed by atoms with van der Waals surface area (Å²) >= 11 is 0. The van der Waals surface area contributed by atoms with Gasteiger partial charge in [-0.3, -0.25) is 4.79 Å². The maximum atomic E-state index is 11.6. The number of carbonyl (C=O) groups excluding carboxylic acids is 1. The minimum Gasteiger partial charge on any atom is -0.481 e. The first kappa shape index (κ1) is 12.8. The van der Waals surface area contributed by atoms with E-state index in [1.807, 2.05) is 13.8 Å². The van der Waals surface area contributed by atoms with E-state index in [-0.39, 0.29) is 18.0 Å². The third-order valence-electron chi connectivity index (χ3n) is 2.80. The fourth-order valence-electron chi connectivity index (χ4n) is 1.85. The van der Waals surface area contributed by atoms with Crippen molar-refractivity contribution in [1.82, 2.24) is 10.2 Å². The zero-order valence-electron chi connectivity index (χ0n) is 10.1. The summed E-state index contributed by atoms with van der Waals surface area (Å²) in [6.07, 6.45) is 1.10. The predicted molar refractivity (Wildman–Crippen MR) is 60.1 cm³/mol. The number of aliphatic carboxylic acids is 1. The van der Waals surface area contributed by atoms with Crippen molar-refractivity contribution in [1.29, 1.82) is 0 Å². The van der Waals surface area contributed by atoms with Crippen LogP contribution in [-0.4, -0.2) is 41.6 Å². The lowest BCUT2D eigenvalue weighted by Gasteiger charge is -2.34. The lowest BCUT2D eigenvalue weighted by molar-refractivity contribution is -0.145. The summed E-state index contributed by atoms with van der Waals surface area (Å²) in [7, 11) is 1.75. The van der Waals surface area contributed by atoms with Gasteiger partial charge in [0, 0.05) is 19.6 Å². The summed E-state index contributed by atoms with van der Waals surface area (Å²) in [6, 6.07) is -0.0780. The van der Waals surface area contributed by atoms with Crippen LogP contribution in [0.5, 0.6) is 0 Å². The molecule has 0 heterocycles. The molecule has 5 nitrogen and oxygen atoms in total. The van der Waals surface area contributed by atoms with Crippen molar-refractivity contribution in [2.75, 3.05) is 13.6 Å². The van der Waals surface area contributed by atoms with Crippen molar-refractivity contribution < 1.29 is 14.7 Å². The number of rotatable bonds is 4. The highest BCUT2D eigenvalue weighted by Crippen LogP contribution is 2.27. The van der Waals surface area contributed by atoms with Gasteiger partial charge in [-0.2, -0.15) is 0 Å². The van der Waals surface area contributed by atoms with Crippen molar-refractivity contribution >= 4 is 12.0 Å². The fraction of sp³-hybridized carbons (Fsp3) is 0.818. The Morgan fingerprint density at radius 2 is 2.00 bits per heavy atom. The van der Waals surface area contributed by atoms with Crippen LogP contribution in [0.1, 0.15) is 26.7 Å². The molecular formula is C11H20N2O3. The van der Waals surface area contributed by atoms with Gasteiger partial charge in [0.2, 0.25) is 0 Å². The Hall–Kier alpha value is -1.26. The van der Waals surface area contributed by atoms with Crippen LogP contribution >= 0.6 is 0 Å². The smallest absolute Gasteiger partial charge is 0.317 e. The van der Waals surface area contributed by atoms with E-state index in [1.165, 1.54) is 0 Å². The summed E-state index contributed by atoms with van der Waals surface area (Å²) in [5.74, 6) is -0.606. The van der Waals surface area contributed by atoms with Gasteiger partial charge < -0.3 is 15.3 Å². The topological polar surface area (TPSA) is 69.6 Å². The number of hydrogen-bond acceptors (Lipinski definition) is 2. The lowest BCUT2D eigenvalue weighted by Crippen LogP contribution is -2.50. The van der Waals surface area contributed by atoms with Gasteiger partial charge in [-0.25, -0.2) is 4.79 Å². The van der Waals surface area contributed by atoms with E-state index in [9.17, 15) is 9.59 Å². The third kappa shape index (κ3) is 3.40. The maximum Gasteiger partial charge on any atom is 0.317 e. The standard InChI is InChI=1S/C11H20N2O3/c1-7(2)6-13(3)11(16)12-9-4-8(5-9)10(14)15/h7-9H,4-6H2,1-3H3,(H,12,16)(H,14,15). The second-order valence-electron chi connectivity index (χ2n) is 4.93. The number of nitrogens with one attached hydrogen (secondary N) is 1. The molecule has 16 heavy (non-hydrogen) atoms. The molecule has 1 aliphatic rings. The van der Waals surface area contributed by atoms with Gasteiger partial charge in [0.25, 0.3) is 0 Å². The summed E-state index contributed by atoms with van der Waals surface area (Å²) < 4.78 is 0. The molecule has 0 aromatic carbocycles. The Bertz CT molecular complexity index is 272. The molecule has 1 aliphatic carbocycles. The average Bonchev–Trinajstić information content (AvgIpc) is 2.07. The van der Waals surface area contributed by atoms with E-state index in [0.29, 0.717) is 25.3 Å². The second-order valence-corrected chi connectivity index (χ2v) is 4.93. The molecular weight excluding hydrogens is 208 g/mol. The van der Waals surface area contributed by atoms with Gasteiger partial charge >= 0.3 is 12.0 Å². The molecule has 0 aromatic rings. The maximum absolute atomic E-state index is 11.6. The number of amides is 2. The van der Waals surface area contributed by atoms with Gasteiger partial charge in [0.1, 0.15) is 0 Å². The SMILES string of the molecule is CC(C)CN(C)C(=O)NC1CC(C(=O)O)C1. The van der Waals surface area contributed by atoms with Crippen LogP contribution in [0.25, 0.3) is 0 Å². The van der Waals surface area contributed by atoms with Crippen LogP contribution in [-0.2, 0) is 4.79 Å². The summed E-state index contributed by atoms with van der Waals surface area (Å²) in [6.45, 7) is 4.81. The van der Waals surface area contributed by atoms with Crippen LogP contribution in [0.2, 0.25) is 0 Å². The largest absolute Gasteiger partial charge is 0.481 e. The van der Waals surface area contributed by atoms with Crippen LogP contribution in [0.15, 0.2) is 0 Å². The highest BCUT2D eigenvalue weighted by atomic mass is 16.4. The van der Waals surface area contributed by atoms with E-state index in [0.717, 1.165) is 0 Å². The molecule has 1 rings (SSSR count). The molecule has 1 saturated carbocycles. The highest BCUT2D eigenvalue weighted by Gasteiger charge is 2.35. The first-order chi connectivity index (χ1) is 7.40. The fourth-order valence-corrected chi connectivity index (χ4v) is 1.85. The number of carbonyl (C=O) groups is 2. The molecule has 0 radical (unpaired) electrons. The Labute approximate surface area is 95.8 Å². The lowest BCUT2D eigenvalue weighted by atomic mass is 9.80. The molecule has 0 bridgehead atoms. The van der Waals surface area contributed by atoms with Crippen LogP contribution in [0.4, 0.5) is 4.79 Å². The Kier molecular flexibility index (Phi) is 4.15. The number of hydrogen-bond donors (Lipinski definition) is 2. The van der Waals surface area contributed by atoms with Gasteiger partial charge in [-0.15, -0.1) is 0 Å². The molecule has 0 saturated heterocycles. The minimum absolute atomic E-state index is 0.0308. The van der Waals surface area contributed by atoms with Crippen molar-refractivity contribution in [2.24, 2.45) is 11.8 Å². The summed E-state index contributed by atoms with van der Waals surface area (Å²) in [5.41, 5.74) is 0. The molecule has 5 heteroatoms. The first-order valence-corrected chi connectivity index (χ1v) is 5.64. The molecule has 0 atom stereocenters. The number of urea groups is 1. The second kappa shape index (κ2) is 5.18. The van der Waals surface area contributed by atoms with Crippen molar-refractivity contribution in [2.45, 2.75) is 32.7 Å². The molecule has 92 valence electrons. The van der Waals surface area contributed by atoms with Crippen molar-refractivity contribution in [3.05, 3.63) is 0 Å². The highest BCUT2D eigenvalue weighted by molar-refractivity contribution is 5.76. The Morgan fingerprint density at radius 3 is 2.44 bits per heavy atom. The molecule has 0 unspecified atom stereocenters. The van der Waals surface area contributed by atoms with E-state index >= 15 is 0 Å². The molecule has 0 aromatic heterocycles. The summed E-state index contributed by atoms with van der Waals surface area (Å²) in [4.78, 5) is 23.8. The van der Waals surface area contributed by atoms with Gasteiger partial charge in [0.05, 0.1) is 5.92 Å². The number of carboxylic acids is 1. The Balaban J connectivity index is 2.24. The molecule has 1 fully saturated rings. The van der Waals surface area contributed by atoms with Crippen molar-refractivity contribution in [3.8, 4) is 0 Å². The van der Waals surface area contributed by atoms with E-state index < -0.39 is 5.97 Å². The quantitative estimate of drug-likeness (QED) is 0.758. The van der Waals surface area contributed by atoms with Crippen LogP contribution < -0.4 is 5.32 Å². The predicted octanol–water partition coefficient (Wildman–Crippen LogP) is 1.15. The van der Waals surface area contributed by atoms with E-state index in [1.54, 1.807) is 11.9 Å². The zero-order chi connectivity index (χ0) is 12.3. The van der Waals surface area contributed by atoms with Crippen molar-refractivity contribution in [3.63, 3.8) is 0 Å². The molecule has 0 spiro atoms. The minimum atomic E-state index is -0.763. The van der Waals surface area contributed by atoms with E-state index in [4.69, 9.17) is 5.11 Å². The van der Waals surface area contributed by atoms with Gasteiger partial charge in [0.15, 0.2) is 0 Å². The van der Waals surface area contributed by atoms with E-state index in [2.05, 4.69) is 5.32 Å². The molecule has 0 aliphatic heterocycles. The Morgan fingerprint density at radius 1 is 1.44 bits per heavy atom. The number of carboxylic acid groups (broad SMARTS) is 1. The van der Waals surface area contributed by atoms with Gasteiger partial charge in [-0.1, -0.05) is 13.8 Å². The van der Waals surface area contributed by atoms with Gasteiger partial charge in [-0.05, 0) is 18.8 Å². The summed E-state index contributed by atoms with van der Waals surface area (Å²) in [5, 5.41) is 11.5. The zero-order valence-corrected chi connectivity index (χ0v) is 10.1. The van der Waals surface area contributed by atoms with Crippen LogP contribution in [0.3, 0.4) is 0 Å². The molecule has 2 amide bonds. The molecule has 2 N–H and O–H groups in total. The monoisotopic (exact) mass is 228 g/mol. The first-order valence-electron chi connectivity index (χ1n) is 5.64. The number of nitrogens with zero attached hydrogens (tertiary/aromatic N) is 1.